The molecule has 1 saturated heterocycles. The second-order valence-electron chi connectivity index (χ2n) is 4.09. The SMILES string of the molecule is Cc1ccc(N2CCCN(C)S2(=O)=O)cc1. The van der Waals surface area contributed by atoms with Crippen LogP contribution in [0.3, 0.4) is 0 Å². The second-order valence-corrected chi connectivity index (χ2v) is 6.05. The van der Waals surface area contributed by atoms with Gasteiger partial charge in [0.15, 0.2) is 0 Å². The molecule has 0 aromatic heterocycles. The van der Waals surface area contributed by atoms with Crippen LogP contribution in [0.1, 0.15) is 12.0 Å². The summed E-state index contributed by atoms with van der Waals surface area (Å²) in [6.45, 7) is 3.15. The summed E-state index contributed by atoms with van der Waals surface area (Å²) in [5.41, 5.74) is 1.88. The Morgan fingerprint density at radius 3 is 2.38 bits per heavy atom. The maximum atomic E-state index is 12.1. The molecule has 0 amide bonds. The van der Waals surface area contributed by atoms with Crippen LogP contribution in [-0.2, 0) is 10.2 Å². The number of hydrogen-bond donors (Lipinski definition) is 0. The first-order valence-electron chi connectivity index (χ1n) is 5.32. The molecule has 0 bridgehead atoms. The Hall–Kier alpha value is -1.07. The van der Waals surface area contributed by atoms with Gasteiger partial charge < -0.3 is 0 Å². The van der Waals surface area contributed by atoms with Gasteiger partial charge in [-0.05, 0) is 25.5 Å². The molecule has 4 nitrogen and oxygen atoms in total. The molecule has 1 aliphatic rings. The van der Waals surface area contributed by atoms with Crippen LogP contribution in [0.15, 0.2) is 24.3 Å². The van der Waals surface area contributed by atoms with E-state index in [1.165, 1.54) is 8.61 Å². The lowest BCUT2D eigenvalue weighted by Gasteiger charge is -2.33. The highest BCUT2D eigenvalue weighted by atomic mass is 32.2. The van der Waals surface area contributed by atoms with Gasteiger partial charge in [-0.3, -0.25) is 4.31 Å². The Morgan fingerprint density at radius 1 is 1.12 bits per heavy atom. The lowest BCUT2D eigenvalue weighted by molar-refractivity contribution is 0.438. The molecule has 1 aromatic carbocycles. The molecule has 1 heterocycles. The van der Waals surface area contributed by atoms with Crippen LogP contribution in [0.25, 0.3) is 0 Å². The smallest absolute Gasteiger partial charge is 0.258 e. The van der Waals surface area contributed by atoms with Crippen molar-refractivity contribution < 1.29 is 8.42 Å². The number of aryl methyl sites for hydroxylation is 1. The average molecular weight is 240 g/mol. The van der Waals surface area contributed by atoms with Crippen molar-refractivity contribution in [1.29, 1.82) is 0 Å². The van der Waals surface area contributed by atoms with Crippen molar-refractivity contribution in [1.82, 2.24) is 4.31 Å². The highest BCUT2D eigenvalue weighted by Crippen LogP contribution is 2.23. The maximum absolute atomic E-state index is 12.1. The molecule has 0 saturated carbocycles. The van der Waals surface area contributed by atoms with Crippen LogP contribution < -0.4 is 4.31 Å². The van der Waals surface area contributed by atoms with Crippen LogP contribution >= 0.6 is 0 Å². The van der Waals surface area contributed by atoms with E-state index in [0.29, 0.717) is 13.1 Å². The van der Waals surface area contributed by atoms with E-state index >= 15 is 0 Å². The van der Waals surface area contributed by atoms with E-state index in [9.17, 15) is 8.42 Å². The largest absolute Gasteiger partial charge is 0.303 e. The first-order valence-corrected chi connectivity index (χ1v) is 6.72. The van der Waals surface area contributed by atoms with Gasteiger partial charge in [0.1, 0.15) is 0 Å². The van der Waals surface area contributed by atoms with Crippen molar-refractivity contribution in [3.63, 3.8) is 0 Å². The summed E-state index contributed by atoms with van der Waals surface area (Å²) in [5.74, 6) is 0. The van der Waals surface area contributed by atoms with Crippen LogP contribution in [0, 0.1) is 6.92 Å². The van der Waals surface area contributed by atoms with E-state index in [4.69, 9.17) is 0 Å². The van der Waals surface area contributed by atoms with Gasteiger partial charge >= 0.3 is 10.2 Å². The first kappa shape index (κ1) is 11.4. The number of hydrogen-bond acceptors (Lipinski definition) is 2. The van der Waals surface area contributed by atoms with E-state index in [1.807, 2.05) is 31.2 Å². The second kappa shape index (κ2) is 4.07. The molecule has 0 atom stereocenters. The van der Waals surface area contributed by atoms with Gasteiger partial charge in [0.25, 0.3) is 0 Å². The lowest BCUT2D eigenvalue weighted by Crippen LogP contribution is -2.47. The Bertz CT molecular complexity index is 467. The number of nitrogens with zero attached hydrogens (tertiary/aromatic N) is 2. The average Bonchev–Trinajstić information content (AvgIpc) is 2.24. The summed E-state index contributed by atoms with van der Waals surface area (Å²) in [5, 5.41) is 0. The van der Waals surface area contributed by atoms with Gasteiger partial charge in [-0.15, -0.1) is 0 Å². The van der Waals surface area contributed by atoms with Crippen LogP contribution in [-0.4, -0.2) is 32.9 Å². The molecule has 88 valence electrons. The standard InChI is InChI=1S/C11H16N2O2S/c1-10-4-6-11(7-5-10)13-9-3-8-12(2)16(13,14)15/h4-7H,3,8-9H2,1-2H3. The zero-order valence-electron chi connectivity index (χ0n) is 9.55. The van der Waals surface area contributed by atoms with Crippen LogP contribution in [0.4, 0.5) is 5.69 Å². The highest BCUT2D eigenvalue weighted by molar-refractivity contribution is 7.90. The van der Waals surface area contributed by atoms with Crippen LogP contribution in [0.5, 0.6) is 0 Å². The fourth-order valence-corrected chi connectivity index (χ4v) is 3.25. The normalized spacial score (nSPS) is 21.0. The van der Waals surface area contributed by atoms with Gasteiger partial charge in [0.2, 0.25) is 0 Å². The predicted octanol–water partition coefficient (Wildman–Crippen LogP) is 1.38. The predicted molar refractivity (Wildman–Crippen MR) is 64.7 cm³/mol. The zero-order valence-corrected chi connectivity index (χ0v) is 10.4. The third kappa shape index (κ3) is 1.92. The monoisotopic (exact) mass is 240 g/mol. The minimum Gasteiger partial charge on any atom is -0.258 e. The van der Waals surface area contributed by atoms with E-state index in [1.54, 1.807) is 7.05 Å². The molecule has 1 fully saturated rings. The molecule has 1 aliphatic heterocycles. The third-order valence-corrected chi connectivity index (χ3v) is 4.75. The zero-order chi connectivity index (χ0) is 11.8. The summed E-state index contributed by atoms with van der Waals surface area (Å²) in [6.07, 6.45) is 0.865. The third-order valence-electron chi connectivity index (χ3n) is 2.83. The summed E-state index contributed by atoms with van der Waals surface area (Å²) in [4.78, 5) is 0. The molecule has 0 aliphatic carbocycles. The Kier molecular flexibility index (Phi) is 2.90. The van der Waals surface area contributed by atoms with Gasteiger partial charge in [-0.25, -0.2) is 0 Å². The van der Waals surface area contributed by atoms with E-state index in [0.717, 1.165) is 17.7 Å². The Labute approximate surface area is 96.7 Å². The van der Waals surface area contributed by atoms with E-state index in [2.05, 4.69) is 0 Å². The number of rotatable bonds is 1. The van der Waals surface area contributed by atoms with Crippen molar-refractivity contribution in [2.24, 2.45) is 0 Å². The number of benzene rings is 1. The molecular weight excluding hydrogens is 224 g/mol. The van der Waals surface area contributed by atoms with Gasteiger partial charge in [0.05, 0.1) is 5.69 Å². The lowest BCUT2D eigenvalue weighted by atomic mass is 10.2. The summed E-state index contributed by atoms with van der Waals surface area (Å²) >= 11 is 0. The molecule has 16 heavy (non-hydrogen) atoms. The summed E-state index contributed by atoms with van der Waals surface area (Å²) in [6, 6.07) is 7.57. The van der Waals surface area contributed by atoms with Gasteiger partial charge in [0, 0.05) is 20.1 Å². The summed E-state index contributed by atoms with van der Waals surface area (Å²) in [7, 11) is -1.68. The minimum absolute atomic E-state index is 0.565. The fraction of sp³-hybridized carbons (Fsp3) is 0.455. The van der Waals surface area contributed by atoms with Crippen molar-refractivity contribution in [3.8, 4) is 0 Å². The quantitative estimate of drug-likeness (QED) is 0.744. The van der Waals surface area contributed by atoms with Crippen molar-refractivity contribution in [2.45, 2.75) is 13.3 Å². The molecule has 0 radical (unpaired) electrons. The Morgan fingerprint density at radius 2 is 1.75 bits per heavy atom. The van der Waals surface area contributed by atoms with Gasteiger partial charge in [-0.2, -0.15) is 12.7 Å². The summed E-state index contributed by atoms with van der Waals surface area (Å²) < 4.78 is 27.0. The topological polar surface area (TPSA) is 40.6 Å². The molecule has 0 N–H and O–H groups in total. The van der Waals surface area contributed by atoms with Crippen LogP contribution in [0.2, 0.25) is 0 Å². The van der Waals surface area contributed by atoms with Crippen molar-refractivity contribution >= 4 is 15.9 Å². The van der Waals surface area contributed by atoms with Crippen molar-refractivity contribution in [2.75, 3.05) is 24.4 Å². The maximum Gasteiger partial charge on any atom is 0.303 e. The first-order chi connectivity index (χ1) is 7.51. The van der Waals surface area contributed by atoms with Gasteiger partial charge in [-0.1, -0.05) is 17.7 Å². The van der Waals surface area contributed by atoms with Crippen molar-refractivity contribution in [3.05, 3.63) is 29.8 Å². The molecular formula is C11H16N2O2S. The molecule has 1 aromatic rings. The molecule has 2 rings (SSSR count). The fourth-order valence-electron chi connectivity index (χ4n) is 1.81. The number of anilines is 1. The highest BCUT2D eigenvalue weighted by Gasteiger charge is 2.30. The molecule has 5 heteroatoms. The molecule has 0 unspecified atom stereocenters. The minimum atomic E-state index is -3.30. The van der Waals surface area contributed by atoms with E-state index in [-0.39, 0.29) is 0 Å². The van der Waals surface area contributed by atoms with E-state index < -0.39 is 10.2 Å². The Balaban J connectivity index is 2.36. The molecule has 0 spiro atoms.